The Morgan fingerprint density at radius 1 is 0.460 bits per heavy atom. The molecule has 0 aliphatic rings. The van der Waals surface area contributed by atoms with Crippen molar-refractivity contribution in [3.05, 3.63) is 0 Å². The maximum Gasteiger partial charge on any atom is 0.472 e. The van der Waals surface area contributed by atoms with Crippen LogP contribution in [0.4, 0.5) is 0 Å². The van der Waals surface area contributed by atoms with E-state index in [1.165, 1.54) is 244 Å². The van der Waals surface area contributed by atoms with Gasteiger partial charge >= 0.3 is 7.82 Å². The topological polar surface area (TPSA) is 131 Å². The van der Waals surface area contributed by atoms with E-state index in [9.17, 15) is 19.4 Å². The lowest BCUT2D eigenvalue weighted by atomic mass is 10.0. The molecule has 8 nitrogen and oxygen atoms in total. The second-order valence-corrected chi connectivity index (χ2v) is 21.0. The van der Waals surface area contributed by atoms with Crippen LogP contribution in [-0.2, 0) is 18.4 Å². The number of hydrogen-bond acceptors (Lipinski definition) is 6. The number of nitrogens with one attached hydrogen (secondary N) is 1. The predicted octanol–water partition coefficient (Wildman–Crippen LogP) is 16.9. The molecule has 0 radical (unpaired) electrons. The van der Waals surface area contributed by atoms with Crippen LogP contribution in [0.25, 0.3) is 0 Å². The molecule has 0 aromatic rings. The molecule has 0 aliphatic heterocycles. The van der Waals surface area contributed by atoms with Crippen molar-refractivity contribution >= 4 is 13.7 Å². The highest BCUT2D eigenvalue weighted by Crippen LogP contribution is 2.43. The van der Waals surface area contributed by atoms with Crippen LogP contribution < -0.4 is 11.1 Å². The van der Waals surface area contributed by atoms with Crippen LogP contribution in [0.15, 0.2) is 0 Å². The standard InChI is InChI=1S/C54H111N2O6P/c1-3-5-7-9-11-13-15-17-19-20-21-22-23-24-25-26-27-28-29-30-31-32-34-36-38-40-42-44-46-48-54(58)56-52(51-62-63(59,60)61-50-49-55)53(57)47-45-43-41-39-37-35-33-18-16-14-12-10-8-6-4-2/h52-53,57H,3-51,55H2,1-2H3,(H,56,58)(H,59,60)/t52-,53+/m0/s1. The number of carbonyl (C=O) groups is 1. The molecular weight excluding hydrogens is 804 g/mol. The molecule has 9 heteroatoms. The molecule has 0 aliphatic carbocycles. The third kappa shape index (κ3) is 49.2. The van der Waals surface area contributed by atoms with Gasteiger partial charge < -0.3 is 21.1 Å². The second kappa shape index (κ2) is 50.9. The highest BCUT2D eigenvalue weighted by Gasteiger charge is 2.27. The fraction of sp³-hybridized carbons (Fsp3) is 0.981. The number of aliphatic hydroxyl groups excluding tert-OH is 1. The zero-order valence-corrected chi connectivity index (χ0v) is 43.2. The van der Waals surface area contributed by atoms with E-state index in [0.717, 1.165) is 38.5 Å². The third-order valence-electron chi connectivity index (χ3n) is 13.2. The van der Waals surface area contributed by atoms with Crippen molar-refractivity contribution in [1.29, 1.82) is 0 Å². The number of phosphoric acid groups is 1. The summed E-state index contributed by atoms with van der Waals surface area (Å²) in [6.07, 6.45) is 58.7. The molecule has 5 N–H and O–H groups in total. The van der Waals surface area contributed by atoms with E-state index in [-0.39, 0.29) is 25.7 Å². The molecule has 0 bridgehead atoms. The number of nitrogens with two attached hydrogens (primary N) is 1. The van der Waals surface area contributed by atoms with Gasteiger partial charge in [0.1, 0.15) is 0 Å². The normalized spacial score (nSPS) is 13.7. The minimum atomic E-state index is -4.32. The lowest BCUT2D eigenvalue weighted by Crippen LogP contribution is -2.46. The molecule has 0 rings (SSSR count). The third-order valence-corrected chi connectivity index (χ3v) is 14.2. The van der Waals surface area contributed by atoms with Gasteiger partial charge in [-0.05, 0) is 12.8 Å². The van der Waals surface area contributed by atoms with Gasteiger partial charge in [0.2, 0.25) is 5.91 Å². The summed E-state index contributed by atoms with van der Waals surface area (Å²) in [6, 6.07) is -0.769. The summed E-state index contributed by atoms with van der Waals surface area (Å²) < 4.78 is 22.3. The lowest BCUT2D eigenvalue weighted by molar-refractivity contribution is -0.123. The van der Waals surface area contributed by atoms with E-state index in [1.807, 2.05) is 0 Å². The largest absolute Gasteiger partial charge is 0.472 e. The Morgan fingerprint density at radius 3 is 1.02 bits per heavy atom. The van der Waals surface area contributed by atoms with Crippen molar-refractivity contribution in [2.24, 2.45) is 5.73 Å². The summed E-state index contributed by atoms with van der Waals surface area (Å²) in [5.74, 6) is -0.153. The fourth-order valence-corrected chi connectivity index (χ4v) is 9.73. The first-order valence-electron chi connectivity index (χ1n) is 28.2. The number of aliphatic hydroxyl groups is 1. The average molecular weight is 915 g/mol. The molecule has 0 saturated carbocycles. The van der Waals surface area contributed by atoms with Crippen LogP contribution in [0.2, 0.25) is 0 Å². The number of phosphoric ester groups is 1. The van der Waals surface area contributed by atoms with Gasteiger partial charge in [-0.3, -0.25) is 13.8 Å². The smallest absolute Gasteiger partial charge is 0.391 e. The molecule has 0 fully saturated rings. The predicted molar refractivity (Wildman–Crippen MR) is 272 cm³/mol. The number of unbranched alkanes of at least 4 members (excludes halogenated alkanes) is 42. The van der Waals surface area contributed by atoms with Crippen LogP contribution in [0, 0.1) is 0 Å². The van der Waals surface area contributed by atoms with Crippen molar-refractivity contribution < 1.29 is 28.4 Å². The van der Waals surface area contributed by atoms with Crippen LogP contribution in [0.3, 0.4) is 0 Å². The van der Waals surface area contributed by atoms with Crippen LogP contribution in [0.1, 0.15) is 309 Å². The van der Waals surface area contributed by atoms with Crippen molar-refractivity contribution in [2.45, 2.75) is 321 Å². The Balaban J connectivity index is 3.85. The quantitative estimate of drug-likeness (QED) is 0.0353. The lowest BCUT2D eigenvalue weighted by Gasteiger charge is -2.25. The Labute approximate surface area is 392 Å². The molecule has 1 amide bonds. The van der Waals surface area contributed by atoms with Crippen molar-refractivity contribution in [3.8, 4) is 0 Å². The van der Waals surface area contributed by atoms with Crippen molar-refractivity contribution in [2.75, 3.05) is 19.8 Å². The van der Waals surface area contributed by atoms with E-state index in [0.29, 0.717) is 12.8 Å². The molecule has 0 heterocycles. The summed E-state index contributed by atoms with van der Waals surface area (Å²) in [4.78, 5) is 22.9. The average Bonchev–Trinajstić information content (AvgIpc) is 3.27. The SMILES string of the molecule is CCCCCCCCCCCCCCCCCCCCCCCCCCCCCCCC(=O)N[C@@H](COP(=O)(O)OCCN)[C@H](O)CCCCCCCCCCCCCCCCC. The van der Waals surface area contributed by atoms with Crippen molar-refractivity contribution in [3.63, 3.8) is 0 Å². The van der Waals surface area contributed by atoms with E-state index in [4.69, 9.17) is 14.8 Å². The molecule has 0 aromatic heterocycles. The van der Waals surface area contributed by atoms with E-state index < -0.39 is 20.0 Å². The Bertz CT molecular complexity index is 957. The Hall–Kier alpha value is -0.500. The number of rotatable bonds is 54. The van der Waals surface area contributed by atoms with Crippen LogP contribution >= 0.6 is 7.82 Å². The molecule has 3 atom stereocenters. The van der Waals surface area contributed by atoms with Gasteiger partial charge in [-0.15, -0.1) is 0 Å². The zero-order valence-electron chi connectivity index (χ0n) is 42.4. The number of hydrogen-bond donors (Lipinski definition) is 4. The first-order valence-corrected chi connectivity index (χ1v) is 29.6. The minimum absolute atomic E-state index is 0.0928. The van der Waals surface area contributed by atoms with E-state index in [1.54, 1.807) is 0 Å². The van der Waals surface area contributed by atoms with Gasteiger partial charge in [-0.25, -0.2) is 4.57 Å². The molecule has 0 aromatic carbocycles. The summed E-state index contributed by atoms with van der Waals surface area (Å²) in [7, 11) is -4.32. The Kier molecular flexibility index (Phi) is 50.5. The molecule has 378 valence electrons. The molecule has 63 heavy (non-hydrogen) atoms. The number of carbonyl (C=O) groups excluding carboxylic acids is 1. The van der Waals surface area contributed by atoms with E-state index in [2.05, 4.69) is 19.2 Å². The first kappa shape index (κ1) is 62.5. The second-order valence-electron chi connectivity index (χ2n) is 19.5. The summed E-state index contributed by atoms with van der Waals surface area (Å²) in [6.45, 7) is 4.26. The van der Waals surface area contributed by atoms with Gasteiger partial charge in [0.05, 0.1) is 25.4 Å². The van der Waals surface area contributed by atoms with Gasteiger partial charge in [-0.2, -0.15) is 0 Å². The first-order chi connectivity index (χ1) is 30.9. The molecule has 1 unspecified atom stereocenters. The molecular formula is C54H111N2O6P. The maximum atomic E-state index is 12.9. The monoisotopic (exact) mass is 915 g/mol. The zero-order chi connectivity index (χ0) is 46.0. The number of amides is 1. The van der Waals surface area contributed by atoms with Gasteiger partial charge in [0, 0.05) is 13.0 Å². The highest BCUT2D eigenvalue weighted by atomic mass is 31.2. The van der Waals surface area contributed by atoms with E-state index >= 15 is 0 Å². The highest BCUT2D eigenvalue weighted by molar-refractivity contribution is 7.47. The van der Waals surface area contributed by atoms with Gasteiger partial charge in [0.15, 0.2) is 0 Å². The van der Waals surface area contributed by atoms with Gasteiger partial charge in [0.25, 0.3) is 0 Å². The van der Waals surface area contributed by atoms with Crippen molar-refractivity contribution in [1.82, 2.24) is 5.32 Å². The Morgan fingerprint density at radius 2 is 0.730 bits per heavy atom. The maximum absolute atomic E-state index is 12.9. The summed E-state index contributed by atoms with van der Waals surface area (Å²) in [5, 5.41) is 13.9. The fourth-order valence-electron chi connectivity index (χ4n) is 8.97. The summed E-state index contributed by atoms with van der Waals surface area (Å²) >= 11 is 0. The van der Waals surface area contributed by atoms with Crippen LogP contribution in [0.5, 0.6) is 0 Å². The van der Waals surface area contributed by atoms with Crippen LogP contribution in [-0.4, -0.2) is 47.8 Å². The molecule has 0 spiro atoms. The van der Waals surface area contributed by atoms with Gasteiger partial charge in [-0.1, -0.05) is 290 Å². The summed E-state index contributed by atoms with van der Waals surface area (Å²) in [5.41, 5.74) is 5.40. The minimum Gasteiger partial charge on any atom is -0.391 e. The molecule has 0 saturated heterocycles.